The molecule has 10 nitrogen and oxygen atoms in total. The lowest BCUT2D eigenvalue weighted by Crippen LogP contribution is -2.25. The van der Waals surface area contributed by atoms with E-state index in [9.17, 15) is 19.7 Å². The van der Waals surface area contributed by atoms with Gasteiger partial charge in [-0.05, 0) is 13.0 Å². The summed E-state index contributed by atoms with van der Waals surface area (Å²) >= 11 is 1.09. The Morgan fingerprint density at radius 1 is 1.50 bits per heavy atom. The van der Waals surface area contributed by atoms with Gasteiger partial charge in [0, 0.05) is 11.1 Å². The van der Waals surface area contributed by atoms with Gasteiger partial charge in [0.15, 0.2) is 5.01 Å². The highest BCUT2D eigenvalue weighted by Crippen LogP contribution is 2.17. The number of carbonyl (C=O) groups excluding carboxylic acids is 2. The monoisotopic (exact) mass is 324 g/mol. The van der Waals surface area contributed by atoms with E-state index in [1.165, 1.54) is 0 Å². The Kier molecular flexibility index (Phi) is 4.27. The van der Waals surface area contributed by atoms with E-state index < -0.39 is 28.4 Å². The van der Waals surface area contributed by atoms with E-state index >= 15 is 0 Å². The van der Waals surface area contributed by atoms with Gasteiger partial charge >= 0.3 is 11.9 Å². The Morgan fingerprint density at radius 2 is 2.23 bits per heavy atom. The van der Waals surface area contributed by atoms with Gasteiger partial charge in [-0.3, -0.25) is 14.9 Å². The van der Waals surface area contributed by atoms with E-state index in [1.807, 2.05) is 0 Å². The Bertz CT molecular complexity index is 777. The summed E-state index contributed by atoms with van der Waals surface area (Å²) in [5, 5.41) is 15.6. The van der Waals surface area contributed by atoms with Gasteiger partial charge in [-0.15, -0.1) is 11.3 Å². The van der Waals surface area contributed by atoms with E-state index in [2.05, 4.69) is 19.4 Å². The van der Waals surface area contributed by atoms with Crippen molar-refractivity contribution < 1.29 is 23.8 Å². The van der Waals surface area contributed by atoms with Crippen molar-refractivity contribution in [2.24, 2.45) is 10.9 Å². The highest BCUT2D eigenvalue weighted by Gasteiger charge is 2.21. The van der Waals surface area contributed by atoms with Crippen molar-refractivity contribution in [1.82, 2.24) is 4.98 Å². The zero-order chi connectivity index (χ0) is 16.3. The number of thiazole rings is 1. The Balaban J connectivity index is 2.18. The molecule has 0 spiro atoms. The van der Waals surface area contributed by atoms with Crippen LogP contribution in [0.4, 0.5) is 5.88 Å². The Labute approximate surface area is 126 Å². The Hall–Kier alpha value is -3.08. The molecule has 2 N–H and O–H groups in total. The van der Waals surface area contributed by atoms with Crippen LogP contribution in [0, 0.1) is 17.0 Å². The van der Waals surface area contributed by atoms with Crippen LogP contribution in [0.5, 0.6) is 0 Å². The first-order valence-electron chi connectivity index (χ1n) is 5.64. The highest BCUT2D eigenvalue weighted by atomic mass is 32.1. The molecule has 0 saturated heterocycles. The molecule has 2 heterocycles. The van der Waals surface area contributed by atoms with Crippen molar-refractivity contribution in [1.29, 1.82) is 0 Å². The molecule has 0 unspecified atom stereocenters. The minimum Gasteiger partial charge on any atom is -0.393 e. The molecule has 0 aliphatic heterocycles. The molecule has 0 atom stereocenters. The summed E-state index contributed by atoms with van der Waals surface area (Å²) in [5.41, 5.74) is 5.44. The number of amides is 1. The molecule has 0 aromatic carbocycles. The minimum absolute atomic E-state index is 0.184. The summed E-state index contributed by atoms with van der Waals surface area (Å²) < 4.78 is 4.64. The van der Waals surface area contributed by atoms with E-state index in [0.29, 0.717) is 5.69 Å². The van der Waals surface area contributed by atoms with Gasteiger partial charge in [0.2, 0.25) is 11.5 Å². The summed E-state index contributed by atoms with van der Waals surface area (Å²) in [6.45, 7) is 1.70. The largest absolute Gasteiger partial charge is 0.433 e. The zero-order valence-electron chi connectivity index (χ0n) is 11.0. The predicted octanol–water partition coefficient (Wildman–Crippen LogP) is 0.999. The van der Waals surface area contributed by atoms with Crippen molar-refractivity contribution >= 4 is 34.8 Å². The van der Waals surface area contributed by atoms with Crippen LogP contribution in [-0.2, 0) is 9.63 Å². The van der Waals surface area contributed by atoms with Crippen LogP contribution in [0.15, 0.2) is 27.1 Å². The standard InChI is InChI=1S/C11H8N4O6S/c1-5-4-22-10(13-5)8(9(12)16)14-21-11(17)6-2-3-7(20-6)15(18)19/h2-4H,1H3,(H2,12,16)/b14-8-. The second-order valence-corrected chi connectivity index (χ2v) is 4.73. The maximum absolute atomic E-state index is 11.6. The van der Waals surface area contributed by atoms with Crippen molar-refractivity contribution in [2.75, 3.05) is 0 Å². The van der Waals surface area contributed by atoms with Crippen molar-refractivity contribution in [3.05, 3.63) is 44.1 Å². The van der Waals surface area contributed by atoms with E-state index in [1.54, 1.807) is 12.3 Å². The highest BCUT2D eigenvalue weighted by molar-refractivity contribution is 7.12. The smallest absolute Gasteiger partial charge is 0.393 e. The molecular weight excluding hydrogens is 316 g/mol. The molecule has 1 amide bonds. The summed E-state index contributed by atoms with van der Waals surface area (Å²) in [4.78, 5) is 41.1. The number of hydrogen-bond donors (Lipinski definition) is 1. The molecule has 114 valence electrons. The summed E-state index contributed by atoms with van der Waals surface area (Å²) in [7, 11) is 0. The second-order valence-electron chi connectivity index (χ2n) is 3.87. The molecular formula is C11H8N4O6S. The molecule has 11 heteroatoms. The number of aryl methyl sites for hydroxylation is 1. The lowest BCUT2D eigenvalue weighted by atomic mass is 10.4. The molecule has 0 fully saturated rings. The number of nitro groups is 1. The van der Waals surface area contributed by atoms with Crippen LogP contribution in [0.1, 0.15) is 21.3 Å². The first-order valence-corrected chi connectivity index (χ1v) is 6.52. The number of nitrogens with zero attached hydrogens (tertiary/aromatic N) is 3. The van der Waals surface area contributed by atoms with Gasteiger partial charge in [-0.2, -0.15) is 0 Å². The van der Waals surface area contributed by atoms with Gasteiger partial charge in [-0.25, -0.2) is 9.78 Å². The normalized spacial score (nSPS) is 11.2. The van der Waals surface area contributed by atoms with Gasteiger partial charge in [0.25, 0.3) is 5.91 Å². The lowest BCUT2D eigenvalue weighted by molar-refractivity contribution is -0.402. The third kappa shape index (κ3) is 3.32. The average Bonchev–Trinajstić information content (AvgIpc) is 3.07. The number of carbonyl (C=O) groups is 2. The first kappa shape index (κ1) is 15.3. The first-order chi connectivity index (χ1) is 10.4. The number of hydrogen-bond acceptors (Lipinski definition) is 9. The fourth-order valence-electron chi connectivity index (χ4n) is 1.32. The topological polar surface area (TPSA) is 151 Å². The third-order valence-corrected chi connectivity index (χ3v) is 3.21. The fraction of sp³-hybridized carbons (Fsp3) is 0.0909. The predicted molar refractivity (Wildman–Crippen MR) is 73.4 cm³/mol. The fourth-order valence-corrected chi connectivity index (χ4v) is 2.10. The van der Waals surface area contributed by atoms with Crippen LogP contribution in [0.25, 0.3) is 0 Å². The molecule has 2 aromatic rings. The quantitative estimate of drug-likeness (QED) is 0.373. The van der Waals surface area contributed by atoms with E-state index in [0.717, 1.165) is 23.5 Å². The number of rotatable bonds is 5. The van der Waals surface area contributed by atoms with E-state index in [4.69, 9.17) is 5.73 Å². The third-order valence-electron chi connectivity index (χ3n) is 2.25. The molecule has 0 aliphatic carbocycles. The molecule has 0 saturated carbocycles. The van der Waals surface area contributed by atoms with Gasteiger partial charge in [0.1, 0.15) is 4.92 Å². The van der Waals surface area contributed by atoms with Gasteiger partial charge in [-0.1, -0.05) is 5.16 Å². The molecule has 0 bridgehead atoms. The van der Waals surface area contributed by atoms with Gasteiger partial charge < -0.3 is 15.0 Å². The van der Waals surface area contributed by atoms with Crippen molar-refractivity contribution in [3.63, 3.8) is 0 Å². The molecule has 2 rings (SSSR count). The average molecular weight is 324 g/mol. The Morgan fingerprint density at radius 3 is 2.73 bits per heavy atom. The van der Waals surface area contributed by atoms with Gasteiger partial charge in [0.05, 0.1) is 6.07 Å². The van der Waals surface area contributed by atoms with Crippen LogP contribution >= 0.6 is 11.3 Å². The molecule has 0 radical (unpaired) electrons. The maximum atomic E-state index is 11.6. The van der Waals surface area contributed by atoms with Crippen LogP contribution in [0.3, 0.4) is 0 Å². The number of primary amides is 1. The SMILES string of the molecule is Cc1csc(/C(=N\OC(=O)c2ccc([N+](=O)[O-])o2)C(N)=O)n1. The summed E-state index contributed by atoms with van der Waals surface area (Å²) in [5.74, 6) is -3.11. The number of oxime groups is 1. The zero-order valence-corrected chi connectivity index (χ0v) is 11.8. The minimum atomic E-state index is -1.11. The summed E-state index contributed by atoms with van der Waals surface area (Å²) in [6.07, 6.45) is 0. The second kappa shape index (κ2) is 6.13. The maximum Gasteiger partial charge on any atom is 0.433 e. The van der Waals surface area contributed by atoms with Crippen molar-refractivity contribution in [3.8, 4) is 0 Å². The lowest BCUT2D eigenvalue weighted by Gasteiger charge is -1.97. The molecule has 0 aliphatic rings. The van der Waals surface area contributed by atoms with Crippen LogP contribution in [-0.4, -0.2) is 27.5 Å². The molecule has 2 aromatic heterocycles. The van der Waals surface area contributed by atoms with Crippen molar-refractivity contribution in [2.45, 2.75) is 6.92 Å². The van der Waals surface area contributed by atoms with Crippen LogP contribution < -0.4 is 5.73 Å². The van der Waals surface area contributed by atoms with E-state index in [-0.39, 0.29) is 10.7 Å². The number of furan rings is 1. The number of aromatic nitrogens is 1. The van der Waals surface area contributed by atoms with Crippen LogP contribution in [0.2, 0.25) is 0 Å². The number of nitrogens with two attached hydrogens (primary N) is 1. The molecule has 22 heavy (non-hydrogen) atoms. The summed E-state index contributed by atoms with van der Waals surface area (Å²) in [6, 6.07) is 2.03.